The fourth-order valence-electron chi connectivity index (χ4n) is 3.54. The maximum absolute atomic E-state index is 13.8. The van der Waals surface area contributed by atoms with Gasteiger partial charge in [-0.05, 0) is 17.2 Å². The summed E-state index contributed by atoms with van der Waals surface area (Å²) in [5, 5.41) is 9.13. The first-order valence-corrected chi connectivity index (χ1v) is 10.6. The number of ether oxygens (including phenoxy) is 1. The zero-order valence-corrected chi connectivity index (χ0v) is 17.9. The van der Waals surface area contributed by atoms with E-state index in [1.54, 1.807) is 11.6 Å². The van der Waals surface area contributed by atoms with Gasteiger partial charge in [-0.3, -0.25) is 9.53 Å². The molecule has 1 aliphatic rings. The van der Waals surface area contributed by atoms with E-state index in [1.165, 1.54) is 30.6 Å². The van der Waals surface area contributed by atoms with Crippen LogP contribution >= 0.6 is 11.8 Å². The van der Waals surface area contributed by atoms with Crippen LogP contribution in [0.3, 0.4) is 0 Å². The molecule has 1 fully saturated rings. The number of aromatic nitrogens is 3. The van der Waals surface area contributed by atoms with Crippen LogP contribution in [0.2, 0.25) is 0 Å². The van der Waals surface area contributed by atoms with Crippen molar-refractivity contribution < 1.29 is 36.6 Å². The predicted octanol–water partition coefficient (Wildman–Crippen LogP) is 4.05. The first-order valence-electron chi connectivity index (χ1n) is 9.57. The molecule has 7 nitrogen and oxygen atoms in total. The quantitative estimate of drug-likeness (QED) is 0.319. The van der Waals surface area contributed by atoms with E-state index >= 15 is 0 Å². The number of aryl methyl sites for hydroxylation is 1. The summed E-state index contributed by atoms with van der Waals surface area (Å²) in [4.78, 5) is 20.3. The fraction of sp³-hybridized carbons (Fsp3) is 0.350. The highest BCUT2D eigenvalue weighted by atomic mass is 32.2. The van der Waals surface area contributed by atoms with Crippen LogP contribution < -0.4 is 4.90 Å². The topological polar surface area (TPSA) is 80.5 Å². The van der Waals surface area contributed by atoms with Gasteiger partial charge in [0.25, 0.3) is 0 Å². The Kier molecular flexibility index (Phi) is 5.95. The molecule has 4 rings (SSSR count). The number of rotatable bonds is 6. The zero-order valence-electron chi connectivity index (χ0n) is 17.1. The Balaban J connectivity index is 1.59. The van der Waals surface area contributed by atoms with Crippen LogP contribution in [0.4, 0.5) is 27.6 Å². The molecule has 1 aliphatic heterocycles. The number of thioether (sulfide) groups is 1. The number of anilines is 1. The summed E-state index contributed by atoms with van der Waals surface area (Å²) in [5.74, 6) is -1.52. The molecule has 0 radical (unpaired) electrons. The van der Waals surface area contributed by atoms with E-state index in [0.29, 0.717) is 11.1 Å². The minimum atomic E-state index is -4.04. The lowest BCUT2D eigenvalue weighted by atomic mass is 10.1. The second kappa shape index (κ2) is 8.45. The number of benzene rings is 1. The van der Waals surface area contributed by atoms with Crippen LogP contribution in [0.25, 0.3) is 11.0 Å². The summed E-state index contributed by atoms with van der Waals surface area (Å²) >= 11 is 1.15. The number of morpholine rings is 1. The third-order valence-electron chi connectivity index (χ3n) is 4.89. The lowest BCUT2D eigenvalue weighted by molar-refractivity contribution is -0.380. The highest BCUT2D eigenvalue weighted by Crippen LogP contribution is 2.38. The summed E-state index contributed by atoms with van der Waals surface area (Å²) in [6, 6.07) is 4.10. The standard InChI is InChI=1S/C20H17F5N4O3S/c1-28-7-15(29-9-19(22,23)32-20(24,25)10-29)17-14(28)6-26-18(27-17)33-8-11-2-3-13(21)12(4-11)5-16(30)31/h2-4,6-7H,5,8-10H2,1H3,(H,30,31). The minimum absolute atomic E-state index is 0.0384. The average Bonchev–Trinajstić information content (AvgIpc) is 3.02. The van der Waals surface area contributed by atoms with Gasteiger partial charge in [-0.15, -0.1) is 0 Å². The first kappa shape index (κ1) is 23.2. The number of nitrogens with zero attached hydrogens (tertiary/aromatic N) is 4. The van der Waals surface area contributed by atoms with Crippen LogP contribution in [0, 0.1) is 5.82 Å². The Hall–Kier alpha value is -2.93. The molecule has 0 aliphatic carbocycles. The van der Waals surface area contributed by atoms with Crippen molar-refractivity contribution in [2.75, 3.05) is 18.0 Å². The van der Waals surface area contributed by atoms with E-state index in [9.17, 15) is 26.7 Å². The molecule has 13 heteroatoms. The molecule has 33 heavy (non-hydrogen) atoms. The molecule has 0 atom stereocenters. The molecule has 1 saturated heterocycles. The van der Waals surface area contributed by atoms with E-state index in [4.69, 9.17) is 5.11 Å². The number of carboxylic acid groups (broad SMARTS) is 1. The number of hydrogen-bond acceptors (Lipinski definition) is 6. The second-order valence-electron chi connectivity index (χ2n) is 7.53. The number of fused-ring (bicyclic) bond motifs is 1. The minimum Gasteiger partial charge on any atom is -0.481 e. The molecule has 0 unspecified atom stereocenters. The molecule has 2 aromatic heterocycles. The van der Waals surface area contributed by atoms with Crippen LogP contribution in [0.5, 0.6) is 0 Å². The summed E-state index contributed by atoms with van der Waals surface area (Å²) < 4.78 is 73.8. The Morgan fingerprint density at radius 3 is 2.61 bits per heavy atom. The number of hydrogen-bond donors (Lipinski definition) is 1. The largest absolute Gasteiger partial charge is 0.481 e. The SMILES string of the molecule is Cn1cc(N2CC(F)(F)OC(F)(F)C2)c2nc(SCc3ccc(F)c(CC(=O)O)c3)ncc21. The average molecular weight is 488 g/mol. The predicted molar refractivity (Wildman–Crippen MR) is 109 cm³/mol. The van der Waals surface area contributed by atoms with Gasteiger partial charge in [0, 0.05) is 19.0 Å². The van der Waals surface area contributed by atoms with Gasteiger partial charge in [-0.2, -0.15) is 17.6 Å². The summed E-state index contributed by atoms with van der Waals surface area (Å²) in [6.45, 7) is -2.12. The van der Waals surface area contributed by atoms with Gasteiger partial charge in [0.15, 0.2) is 5.16 Å². The van der Waals surface area contributed by atoms with Gasteiger partial charge in [0.05, 0.1) is 23.8 Å². The molecule has 176 valence electrons. The number of aliphatic carboxylic acids is 1. The Morgan fingerprint density at radius 1 is 1.24 bits per heavy atom. The summed E-state index contributed by atoms with van der Waals surface area (Å²) in [5.41, 5.74) is 1.43. The van der Waals surface area contributed by atoms with Gasteiger partial charge in [-0.25, -0.2) is 14.4 Å². The molecule has 1 aromatic carbocycles. The van der Waals surface area contributed by atoms with Gasteiger partial charge in [0.1, 0.15) is 24.4 Å². The normalized spacial score (nSPS) is 17.5. The van der Waals surface area contributed by atoms with Crippen molar-refractivity contribution in [2.24, 2.45) is 7.05 Å². The van der Waals surface area contributed by atoms with E-state index in [-0.39, 0.29) is 27.7 Å². The Bertz CT molecular complexity index is 1200. The molecule has 0 spiro atoms. The molecule has 0 amide bonds. The van der Waals surface area contributed by atoms with E-state index in [2.05, 4.69) is 14.7 Å². The van der Waals surface area contributed by atoms with Crippen LogP contribution in [0.1, 0.15) is 11.1 Å². The Morgan fingerprint density at radius 2 is 1.94 bits per heavy atom. The van der Waals surface area contributed by atoms with Crippen LogP contribution in [0.15, 0.2) is 35.7 Å². The second-order valence-corrected chi connectivity index (χ2v) is 8.47. The molecule has 0 saturated carbocycles. The lowest BCUT2D eigenvalue weighted by Gasteiger charge is -2.37. The maximum atomic E-state index is 13.8. The lowest BCUT2D eigenvalue weighted by Crippen LogP contribution is -2.55. The van der Waals surface area contributed by atoms with Gasteiger partial charge >= 0.3 is 18.2 Å². The zero-order chi connectivity index (χ0) is 24.0. The number of carbonyl (C=O) groups is 1. The first-order chi connectivity index (χ1) is 15.4. The highest BCUT2D eigenvalue weighted by Gasteiger charge is 2.52. The van der Waals surface area contributed by atoms with Crippen molar-refractivity contribution in [1.29, 1.82) is 0 Å². The number of halogens is 5. The highest BCUT2D eigenvalue weighted by molar-refractivity contribution is 7.98. The van der Waals surface area contributed by atoms with Crippen LogP contribution in [-0.4, -0.2) is 50.9 Å². The van der Waals surface area contributed by atoms with E-state index < -0.39 is 43.5 Å². The van der Waals surface area contributed by atoms with Crippen molar-refractivity contribution in [3.8, 4) is 0 Å². The van der Waals surface area contributed by atoms with E-state index in [0.717, 1.165) is 16.7 Å². The Labute approximate surface area is 188 Å². The third-order valence-corrected chi connectivity index (χ3v) is 5.83. The van der Waals surface area contributed by atoms with Crippen molar-refractivity contribution in [1.82, 2.24) is 14.5 Å². The van der Waals surface area contributed by atoms with Crippen molar-refractivity contribution in [3.63, 3.8) is 0 Å². The van der Waals surface area contributed by atoms with Gasteiger partial charge in [0.2, 0.25) is 0 Å². The molecule has 0 bridgehead atoms. The third kappa shape index (κ3) is 5.19. The van der Waals surface area contributed by atoms with Gasteiger partial charge < -0.3 is 14.6 Å². The van der Waals surface area contributed by atoms with Crippen molar-refractivity contribution in [2.45, 2.75) is 29.5 Å². The molecular weight excluding hydrogens is 471 g/mol. The maximum Gasteiger partial charge on any atom is 0.377 e. The fourth-order valence-corrected chi connectivity index (χ4v) is 4.30. The van der Waals surface area contributed by atoms with Crippen LogP contribution in [-0.2, 0) is 28.8 Å². The molecule has 3 heterocycles. The summed E-state index contributed by atoms with van der Waals surface area (Å²) in [6.07, 6.45) is -5.67. The van der Waals surface area contributed by atoms with E-state index in [1.807, 2.05) is 0 Å². The monoisotopic (exact) mass is 488 g/mol. The molecule has 1 N–H and O–H groups in total. The molecular formula is C20H17F5N4O3S. The van der Waals surface area contributed by atoms with Gasteiger partial charge in [-0.1, -0.05) is 23.9 Å². The number of alkyl halides is 4. The molecule has 3 aromatic rings. The summed E-state index contributed by atoms with van der Waals surface area (Å²) in [7, 11) is 1.61. The number of carboxylic acids is 1. The smallest absolute Gasteiger partial charge is 0.377 e. The van der Waals surface area contributed by atoms with Crippen molar-refractivity contribution in [3.05, 3.63) is 47.5 Å². The van der Waals surface area contributed by atoms with Crippen molar-refractivity contribution >= 4 is 34.5 Å².